The first-order valence-corrected chi connectivity index (χ1v) is 3.50. The minimum Gasteiger partial charge on any atom is -0.362 e. The molecule has 2 N–H and O–H groups in total. The van der Waals surface area contributed by atoms with E-state index in [0.29, 0.717) is 0 Å². The molecule has 1 rings (SSSR count). The summed E-state index contributed by atoms with van der Waals surface area (Å²) in [6, 6.07) is 6.01. The zero-order chi connectivity index (χ0) is 8.81. The van der Waals surface area contributed by atoms with E-state index in [9.17, 15) is 4.39 Å². The number of hydrogen-bond donors (Lipinski definition) is 2. The molecule has 2 nitrogen and oxygen atoms in total. The van der Waals surface area contributed by atoms with Crippen LogP contribution in [0.2, 0.25) is 0 Å². The van der Waals surface area contributed by atoms with Crippen LogP contribution in [0.3, 0.4) is 0 Å². The van der Waals surface area contributed by atoms with Gasteiger partial charge in [-0.3, -0.25) is 0 Å². The molecular weight excluding hydrogens is 155 g/mol. The smallest absolute Gasteiger partial charge is 0.123 e. The van der Waals surface area contributed by atoms with Crippen molar-refractivity contribution in [3.05, 3.63) is 42.4 Å². The molecule has 62 valence electrons. The van der Waals surface area contributed by atoms with Crippen LogP contribution in [0, 0.1) is 11.2 Å². The number of halogens is 1. The van der Waals surface area contributed by atoms with Gasteiger partial charge in [-0.05, 0) is 30.3 Å². The number of hydrogen-bond acceptors (Lipinski definition) is 2. The fourth-order valence-electron chi connectivity index (χ4n) is 0.739. The van der Waals surface area contributed by atoms with E-state index in [1.807, 2.05) is 0 Å². The fraction of sp³-hybridized carbons (Fsp3) is 0. The van der Waals surface area contributed by atoms with E-state index in [1.165, 1.54) is 12.1 Å². The van der Waals surface area contributed by atoms with E-state index in [1.54, 1.807) is 24.4 Å². The highest BCUT2D eigenvalue weighted by Crippen LogP contribution is 2.07. The van der Waals surface area contributed by atoms with Crippen LogP contribution in [0.4, 0.5) is 10.1 Å². The lowest BCUT2D eigenvalue weighted by atomic mass is 10.3. The molecule has 1 aromatic rings. The van der Waals surface area contributed by atoms with Gasteiger partial charge in [0.2, 0.25) is 0 Å². The van der Waals surface area contributed by atoms with Crippen LogP contribution < -0.4 is 5.32 Å². The SMILES string of the molecule is N=C/C=C\Nc1ccc(F)cc1. The maximum absolute atomic E-state index is 12.4. The second-order valence-electron chi connectivity index (χ2n) is 2.18. The Hall–Kier alpha value is -1.64. The van der Waals surface area contributed by atoms with Crippen LogP contribution in [0.15, 0.2) is 36.5 Å². The molecule has 3 heteroatoms. The lowest BCUT2D eigenvalue weighted by Gasteiger charge is -1.97. The molecule has 0 radical (unpaired) electrons. The minimum absolute atomic E-state index is 0.253. The molecule has 0 aliphatic rings. The first-order valence-electron chi connectivity index (χ1n) is 3.50. The number of anilines is 1. The second kappa shape index (κ2) is 4.28. The van der Waals surface area contributed by atoms with Gasteiger partial charge in [0.1, 0.15) is 5.82 Å². The van der Waals surface area contributed by atoms with Gasteiger partial charge in [-0.1, -0.05) is 0 Å². The van der Waals surface area contributed by atoms with E-state index >= 15 is 0 Å². The summed E-state index contributed by atoms with van der Waals surface area (Å²) in [5.74, 6) is -0.253. The van der Waals surface area contributed by atoms with Crippen molar-refractivity contribution >= 4 is 11.9 Å². The Bertz CT molecular complexity index is 277. The Balaban J connectivity index is 2.58. The predicted octanol–water partition coefficient (Wildman–Crippen LogP) is 2.40. The van der Waals surface area contributed by atoms with Gasteiger partial charge in [0.25, 0.3) is 0 Å². The van der Waals surface area contributed by atoms with Crippen LogP contribution >= 0.6 is 0 Å². The highest BCUT2D eigenvalue weighted by Gasteiger charge is 1.88. The summed E-state index contributed by atoms with van der Waals surface area (Å²) in [6.07, 6.45) is 4.32. The summed E-state index contributed by atoms with van der Waals surface area (Å²) in [6.45, 7) is 0. The van der Waals surface area contributed by atoms with Gasteiger partial charge in [-0.2, -0.15) is 0 Å². The van der Waals surface area contributed by atoms with Crippen molar-refractivity contribution in [3.8, 4) is 0 Å². The van der Waals surface area contributed by atoms with Crippen molar-refractivity contribution in [3.63, 3.8) is 0 Å². The maximum Gasteiger partial charge on any atom is 0.123 e. The maximum atomic E-state index is 12.4. The first-order chi connectivity index (χ1) is 5.83. The molecule has 0 saturated heterocycles. The van der Waals surface area contributed by atoms with Crippen LogP contribution in [-0.4, -0.2) is 6.21 Å². The largest absolute Gasteiger partial charge is 0.362 e. The molecule has 0 aliphatic heterocycles. The Morgan fingerprint density at radius 2 is 1.92 bits per heavy atom. The normalized spacial score (nSPS) is 10.1. The Kier molecular flexibility index (Phi) is 3.02. The molecular formula is C9H9FN2. The lowest BCUT2D eigenvalue weighted by Crippen LogP contribution is -1.86. The summed E-state index contributed by atoms with van der Waals surface area (Å²) in [4.78, 5) is 0. The van der Waals surface area contributed by atoms with E-state index in [4.69, 9.17) is 5.41 Å². The van der Waals surface area contributed by atoms with Gasteiger partial charge >= 0.3 is 0 Å². The topological polar surface area (TPSA) is 35.9 Å². The molecule has 0 spiro atoms. The van der Waals surface area contributed by atoms with Crippen LogP contribution in [0.1, 0.15) is 0 Å². The number of nitrogens with one attached hydrogen (secondary N) is 2. The molecule has 1 aromatic carbocycles. The third kappa shape index (κ3) is 2.54. The standard InChI is InChI=1S/C9H9FN2/c10-8-2-4-9(5-3-8)12-7-1-6-11/h1-7,11-12H/b7-1-,11-6?. The third-order valence-corrected chi connectivity index (χ3v) is 1.29. The summed E-state index contributed by atoms with van der Waals surface area (Å²) in [7, 11) is 0. The van der Waals surface area contributed by atoms with Crippen LogP contribution in [-0.2, 0) is 0 Å². The minimum atomic E-state index is -0.253. The molecule has 0 heterocycles. The molecule has 0 saturated carbocycles. The molecule has 0 bridgehead atoms. The van der Waals surface area contributed by atoms with Crippen molar-refractivity contribution in [2.24, 2.45) is 0 Å². The van der Waals surface area contributed by atoms with Gasteiger partial charge in [-0.15, -0.1) is 0 Å². The zero-order valence-corrected chi connectivity index (χ0v) is 6.42. The monoisotopic (exact) mass is 164 g/mol. The van der Waals surface area contributed by atoms with Crippen molar-refractivity contribution in [2.45, 2.75) is 0 Å². The highest BCUT2D eigenvalue weighted by atomic mass is 19.1. The van der Waals surface area contributed by atoms with Crippen molar-refractivity contribution in [1.82, 2.24) is 0 Å². The Morgan fingerprint density at radius 1 is 1.25 bits per heavy atom. The average molecular weight is 164 g/mol. The summed E-state index contributed by atoms with van der Waals surface area (Å²) in [5, 5.41) is 9.57. The second-order valence-corrected chi connectivity index (χ2v) is 2.18. The van der Waals surface area contributed by atoms with Gasteiger partial charge < -0.3 is 10.7 Å². The van der Waals surface area contributed by atoms with E-state index in [-0.39, 0.29) is 5.82 Å². The van der Waals surface area contributed by atoms with Crippen molar-refractivity contribution in [1.29, 1.82) is 5.41 Å². The first kappa shape index (κ1) is 8.46. The molecule has 0 aliphatic carbocycles. The molecule has 12 heavy (non-hydrogen) atoms. The fourth-order valence-corrected chi connectivity index (χ4v) is 0.739. The van der Waals surface area contributed by atoms with Gasteiger partial charge in [-0.25, -0.2) is 4.39 Å². The Labute approximate surface area is 70.2 Å². The summed E-state index contributed by atoms with van der Waals surface area (Å²) < 4.78 is 12.4. The molecule has 0 atom stereocenters. The van der Waals surface area contributed by atoms with Crippen molar-refractivity contribution in [2.75, 3.05) is 5.32 Å². The van der Waals surface area contributed by atoms with Gasteiger partial charge in [0, 0.05) is 18.1 Å². The van der Waals surface area contributed by atoms with Crippen molar-refractivity contribution < 1.29 is 4.39 Å². The molecule has 0 fully saturated rings. The molecule has 0 aromatic heterocycles. The van der Waals surface area contributed by atoms with Crippen LogP contribution in [0.5, 0.6) is 0 Å². The zero-order valence-electron chi connectivity index (χ0n) is 6.42. The van der Waals surface area contributed by atoms with E-state index in [0.717, 1.165) is 11.9 Å². The lowest BCUT2D eigenvalue weighted by molar-refractivity contribution is 0.628. The van der Waals surface area contributed by atoms with E-state index in [2.05, 4.69) is 5.32 Å². The highest BCUT2D eigenvalue weighted by molar-refractivity contribution is 5.68. The van der Waals surface area contributed by atoms with Crippen LogP contribution in [0.25, 0.3) is 0 Å². The third-order valence-electron chi connectivity index (χ3n) is 1.29. The summed E-state index contributed by atoms with van der Waals surface area (Å²) in [5.41, 5.74) is 0.800. The van der Waals surface area contributed by atoms with Gasteiger partial charge in [0.05, 0.1) is 0 Å². The summed E-state index contributed by atoms with van der Waals surface area (Å²) >= 11 is 0. The number of rotatable bonds is 3. The quantitative estimate of drug-likeness (QED) is 0.661. The molecule has 0 amide bonds. The Morgan fingerprint density at radius 3 is 2.50 bits per heavy atom. The average Bonchev–Trinajstić information content (AvgIpc) is 2.09. The molecule has 0 unspecified atom stereocenters. The number of benzene rings is 1. The number of allylic oxidation sites excluding steroid dienone is 1. The van der Waals surface area contributed by atoms with E-state index < -0.39 is 0 Å². The van der Waals surface area contributed by atoms with Gasteiger partial charge in [0.15, 0.2) is 0 Å². The predicted molar refractivity (Wildman–Crippen MR) is 47.9 cm³/mol.